The molecule has 1 aliphatic rings. The molecule has 0 atom stereocenters. The van der Waals surface area contributed by atoms with Gasteiger partial charge in [-0.05, 0) is 62.9 Å². The highest BCUT2D eigenvalue weighted by molar-refractivity contribution is 5.27. The smallest absolute Gasteiger partial charge is 0.390 e. The monoisotopic (exact) mass is 305 g/mol. The maximum absolute atomic E-state index is 13.2. The third-order valence-corrected chi connectivity index (χ3v) is 3.98. The van der Waals surface area contributed by atoms with Gasteiger partial charge in [-0.1, -0.05) is 6.07 Å². The van der Waals surface area contributed by atoms with Crippen LogP contribution in [0.1, 0.15) is 36.8 Å². The second kappa shape index (κ2) is 6.32. The van der Waals surface area contributed by atoms with Gasteiger partial charge in [0.05, 0.1) is 11.2 Å². The molecule has 1 aliphatic heterocycles. The number of alkyl halides is 3. The van der Waals surface area contributed by atoms with Crippen LogP contribution in [0.4, 0.5) is 17.6 Å². The van der Waals surface area contributed by atoms with E-state index in [0.29, 0.717) is 37.7 Å². The number of nitrogens with one attached hydrogen (secondary N) is 1. The van der Waals surface area contributed by atoms with E-state index >= 15 is 0 Å². The van der Waals surface area contributed by atoms with Gasteiger partial charge in [0.1, 0.15) is 5.82 Å². The van der Waals surface area contributed by atoms with Crippen LogP contribution in [-0.4, -0.2) is 23.8 Å². The minimum absolute atomic E-state index is 0.402. The van der Waals surface area contributed by atoms with E-state index in [4.69, 9.17) is 0 Å². The standard InChI is InChI=1S/C15H19F4NO/c16-13-4-3-11(10-12(13)15(17,18)19)2-1-5-14(21)6-8-20-9-7-14/h3-4,10,20-21H,1-2,5-9H2. The second-order valence-electron chi connectivity index (χ2n) is 5.64. The molecule has 2 nitrogen and oxygen atoms in total. The molecular formula is C15H19F4NO. The van der Waals surface area contributed by atoms with Gasteiger partial charge in [-0.25, -0.2) is 4.39 Å². The molecule has 1 fully saturated rings. The van der Waals surface area contributed by atoms with Gasteiger partial charge in [0.2, 0.25) is 0 Å². The van der Waals surface area contributed by atoms with Crippen LogP contribution < -0.4 is 5.32 Å². The highest BCUT2D eigenvalue weighted by atomic mass is 19.4. The first kappa shape index (κ1) is 16.2. The molecule has 1 aromatic rings. The highest BCUT2D eigenvalue weighted by Crippen LogP contribution is 2.32. The fraction of sp³-hybridized carbons (Fsp3) is 0.600. The number of hydrogen-bond acceptors (Lipinski definition) is 2. The van der Waals surface area contributed by atoms with Gasteiger partial charge >= 0.3 is 6.18 Å². The largest absolute Gasteiger partial charge is 0.419 e. The quantitative estimate of drug-likeness (QED) is 0.837. The maximum Gasteiger partial charge on any atom is 0.419 e. The molecule has 0 aromatic heterocycles. The van der Waals surface area contributed by atoms with Gasteiger partial charge in [0.15, 0.2) is 0 Å². The lowest BCUT2D eigenvalue weighted by Crippen LogP contribution is -2.41. The van der Waals surface area contributed by atoms with Crippen molar-refractivity contribution < 1.29 is 22.7 Å². The molecule has 2 rings (SSSR count). The summed E-state index contributed by atoms with van der Waals surface area (Å²) >= 11 is 0. The van der Waals surface area contributed by atoms with E-state index in [9.17, 15) is 22.7 Å². The van der Waals surface area contributed by atoms with Crippen molar-refractivity contribution in [1.82, 2.24) is 5.32 Å². The summed E-state index contributed by atoms with van der Waals surface area (Å²) < 4.78 is 51.0. The number of rotatable bonds is 4. The van der Waals surface area contributed by atoms with Crippen LogP contribution in [0.5, 0.6) is 0 Å². The van der Waals surface area contributed by atoms with Crippen LogP contribution in [0.3, 0.4) is 0 Å². The zero-order chi connectivity index (χ0) is 15.5. The van der Waals surface area contributed by atoms with Crippen molar-refractivity contribution in [2.24, 2.45) is 0 Å². The molecule has 1 heterocycles. The van der Waals surface area contributed by atoms with E-state index in [2.05, 4.69) is 5.32 Å². The average molecular weight is 305 g/mol. The van der Waals surface area contributed by atoms with E-state index in [1.54, 1.807) is 0 Å². The SMILES string of the molecule is OC1(CCCc2ccc(F)c(C(F)(F)F)c2)CCNCC1. The van der Waals surface area contributed by atoms with Crippen LogP contribution in [0.2, 0.25) is 0 Å². The molecule has 21 heavy (non-hydrogen) atoms. The van der Waals surface area contributed by atoms with Gasteiger partial charge in [0, 0.05) is 0 Å². The Bertz CT molecular complexity index is 481. The summed E-state index contributed by atoms with van der Waals surface area (Å²) in [7, 11) is 0. The lowest BCUT2D eigenvalue weighted by atomic mass is 9.86. The van der Waals surface area contributed by atoms with Crippen molar-refractivity contribution in [3.63, 3.8) is 0 Å². The maximum atomic E-state index is 13.2. The summed E-state index contributed by atoms with van der Waals surface area (Å²) in [4.78, 5) is 0. The molecule has 2 N–H and O–H groups in total. The van der Waals surface area contributed by atoms with Crippen LogP contribution in [-0.2, 0) is 12.6 Å². The van der Waals surface area contributed by atoms with E-state index < -0.39 is 23.2 Å². The Labute approximate surface area is 121 Å². The summed E-state index contributed by atoms with van der Waals surface area (Å²) in [5.41, 5.74) is -1.50. The predicted octanol–water partition coefficient (Wildman–Crippen LogP) is 3.28. The zero-order valence-corrected chi connectivity index (χ0v) is 11.6. The molecule has 1 aromatic carbocycles. The van der Waals surface area contributed by atoms with Gasteiger partial charge in [-0.2, -0.15) is 13.2 Å². The number of halogens is 4. The molecule has 0 amide bonds. The summed E-state index contributed by atoms with van der Waals surface area (Å²) in [5.74, 6) is -1.25. The molecule has 0 unspecified atom stereocenters. The van der Waals surface area contributed by atoms with Crippen molar-refractivity contribution in [3.05, 3.63) is 35.1 Å². The lowest BCUT2D eigenvalue weighted by Gasteiger charge is -2.32. The van der Waals surface area contributed by atoms with E-state index in [-0.39, 0.29) is 0 Å². The second-order valence-corrected chi connectivity index (χ2v) is 5.64. The Morgan fingerprint density at radius 1 is 1.19 bits per heavy atom. The number of aryl methyl sites for hydroxylation is 1. The van der Waals surface area contributed by atoms with Crippen molar-refractivity contribution in [2.75, 3.05) is 13.1 Å². The number of piperidine rings is 1. The van der Waals surface area contributed by atoms with Gasteiger partial charge in [-0.3, -0.25) is 0 Å². The molecule has 0 spiro atoms. The van der Waals surface area contributed by atoms with Crippen LogP contribution in [0.15, 0.2) is 18.2 Å². The Kier molecular flexibility index (Phi) is 4.88. The first-order valence-electron chi connectivity index (χ1n) is 7.09. The lowest BCUT2D eigenvalue weighted by molar-refractivity contribution is -0.140. The fourth-order valence-electron chi connectivity index (χ4n) is 2.71. The first-order chi connectivity index (χ1) is 9.80. The Balaban J connectivity index is 1.94. The third kappa shape index (κ3) is 4.41. The van der Waals surface area contributed by atoms with Gasteiger partial charge in [-0.15, -0.1) is 0 Å². The zero-order valence-electron chi connectivity index (χ0n) is 11.6. The Hall–Kier alpha value is -1.14. The molecular weight excluding hydrogens is 286 g/mol. The van der Waals surface area contributed by atoms with Crippen LogP contribution in [0, 0.1) is 5.82 Å². The molecule has 0 radical (unpaired) electrons. The molecule has 6 heteroatoms. The first-order valence-corrected chi connectivity index (χ1v) is 7.09. The normalized spacial score (nSPS) is 18.7. The Morgan fingerprint density at radius 2 is 1.86 bits per heavy atom. The molecule has 0 saturated carbocycles. The van der Waals surface area contributed by atoms with E-state index in [1.807, 2.05) is 0 Å². The number of benzene rings is 1. The topological polar surface area (TPSA) is 32.3 Å². The summed E-state index contributed by atoms with van der Waals surface area (Å²) in [6.07, 6.45) is -1.83. The molecule has 118 valence electrons. The van der Waals surface area contributed by atoms with E-state index in [0.717, 1.165) is 25.2 Å². The predicted molar refractivity (Wildman–Crippen MR) is 71.4 cm³/mol. The van der Waals surface area contributed by atoms with Crippen LogP contribution in [0.25, 0.3) is 0 Å². The van der Waals surface area contributed by atoms with Crippen molar-refractivity contribution in [2.45, 2.75) is 43.9 Å². The minimum atomic E-state index is -4.67. The van der Waals surface area contributed by atoms with Crippen molar-refractivity contribution >= 4 is 0 Å². The molecule has 1 saturated heterocycles. The third-order valence-electron chi connectivity index (χ3n) is 3.98. The highest BCUT2D eigenvalue weighted by Gasteiger charge is 2.34. The van der Waals surface area contributed by atoms with Gasteiger partial charge in [0.25, 0.3) is 0 Å². The summed E-state index contributed by atoms with van der Waals surface area (Å²) in [6.45, 7) is 1.51. The van der Waals surface area contributed by atoms with Crippen molar-refractivity contribution in [1.29, 1.82) is 0 Å². The fourth-order valence-corrected chi connectivity index (χ4v) is 2.71. The van der Waals surface area contributed by atoms with Crippen molar-refractivity contribution in [3.8, 4) is 0 Å². The minimum Gasteiger partial charge on any atom is -0.390 e. The molecule has 0 bridgehead atoms. The average Bonchev–Trinajstić information content (AvgIpc) is 2.40. The number of aliphatic hydroxyl groups is 1. The number of hydrogen-bond donors (Lipinski definition) is 2. The summed E-state index contributed by atoms with van der Waals surface area (Å²) in [6, 6.07) is 3.09. The van der Waals surface area contributed by atoms with E-state index in [1.165, 1.54) is 6.07 Å². The molecule has 0 aliphatic carbocycles. The van der Waals surface area contributed by atoms with Gasteiger partial charge < -0.3 is 10.4 Å². The summed E-state index contributed by atoms with van der Waals surface area (Å²) in [5, 5.41) is 13.4. The van der Waals surface area contributed by atoms with Crippen LogP contribution >= 0.6 is 0 Å². The Morgan fingerprint density at radius 3 is 2.48 bits per heavy atom.